The predicted octanol–water partition coefficient (Wildman–Crippen LogP) is 7.37. The van der Waals surface area contributed by atoms with E-state index in [9.17, 15) is 0 Å². The van der Waals surface area contributed by atoms with Crippen molar-refractivity contribution in [2.75, 3.05) is 0 Å². The number of hydrogen-bond donors (Lipinski definition) is 1. The van der Waals surface area contributed by atoms with Gasteiger partial charge in [0.2, 0.25) is 0 Å². The molecule has 2 aliphatic carbocycles. The molecule has 1 fully saturated rings. The molecule has 0 spiro atoms. The highest BCUT2D eigenvalue weighted by Crippen LogP contribution is 2.45. The first-order valence-corrected chi connectivity index (χ1v) is 10.6. The minimum atomic E-state index is 0. The quantitative estimate of drug-likeness (QED) is 0.551. The van der Waals surface area contributed by atoms with Crippen LogP contribution in [0.3, 0.4) is 0 Å². The van der Waals surface area contributed by atoms with Gasteiger partial charge in [-0.2, -0.15) is 0 Å². The van der Waals surface area contributed by atoms with Gasteiger partial charge in [-0.05, 0) is 60.4 Å². The second kappa shape index (κ2) is 8.63. The molecular weight excluding hydrogens is 393 g/mol. The number of fused-ring (bicyclic) bond motifs is 1. The lowest BCUT2D eigenvalue weighted by Crippen LogP contribution is -2.36. The monoisotopic (exact) mass is 415 g/mol. The van der Waals surface area contributed by atoms with E-state index in [0.29, 0.717) is 28.0 Å². The molecule has 1 N–H and O–H groups in total. The molecule has 25 heavy (non-hydrogen) atoms. The van der Waals surface area contributed by atoms with Crippen molar-refractivity contribution in [2.45, 2.75) is 62.9 Å². The highest BCUT2D eigenvalue weighted by atomic mass is 35.5. The van der Waals surface area contributed by atoms with Gasteiger partial charge in [0.25, 0.3) is 0 Å². The van der Waals surface area contributed by atoms with E-state index in [0.717, 1.165) is 0 Å². The van der Waals surface area contributed by atoms with Crippen LogP contribution < -0.4 is 5.32 Å². The van der Waals surface area contributed by atoms with E-state index >= 15 is 0 Å². The van der Waals surface area contributed by atoms with Gasteiger partial charge >= 0.3 is 0 Å². The minimum absolute atomic E-state index is 0. The maximum absolute atomic E-state index is 6.25. The molecule has 0 saturated heterocycles. The first kappa shape index (κ1) is 19.5. The molecule has 5 heteroatoms. The third-order valence-electron chi connectivity index (χ3n) is 5.55. The van der Waals surface area contributed by atoms with Crippen molar-refractivity contribution in [1.82, 2.24) is 5.32 Å². The summed E-state index contributed by atoms with van der Waals surface area (Å²) in [5, 5.41) is 7.50. The number of nitrogens with one attached hydrogen (secondary N) is 1. The Morgan fingerprint density at radius 3 is 2.48 bits per heavy atom. The number of benzene rings is 1. The van der Waals surface area contributed by atoms with Gasteiger partial charge in [-0.1, -0.05) is 48.5 Å². The summed E-state index contributed by atoms with van der Waals surface area (Å²) in [4.78, 5) is 1.51. The Morgan fingerprint density at radius 1 is 0.920 bits per heavy atom. The SMILES string of the molecule is Cl.Clc1ccc(C2CCC(NC3CCCCC3)c3ccsc32)cc1Cl. The van der Waals surface area contributed by atoms with Crippen LogP contribution in [0.25, 0.3) is 0 Å². The van der Waals surface area contributed by atoms with Crippen molar-refractivity contribution >= 4 is 46.9 Å². The van der Waals surface area contributed by atoms with Gasteiger partial charge in [-0.15, -0.1) is 23.7 Å². The Morgan fingerprint density at radius 2 is 1.72 bits per heavy atom. The number of thiophene rings is 1. The van der Waals surface area contributed by atoms with E-state index < -0.39 is 0 Å². The summed E-state index contributed by atoms with van der Waals surface area (Å²) in [5.74, 6) is 0.458. The number of halogens is 3. The molecule has 1 aromatic carbocycles. The van der Waals surface area contributed by atoms with Gasteiger partial charge in [0, 0.05) is 22.9 Å². The van der Waals surface area contributed by atoms with Crippen LogP contribution in [0.2, 0.25) is 10.0 Å². The molecule has 2 atom stereocenters. The lowest BCUT2D eigenvalue weighted by atomic mass is 9.81. The van der Waals surface area contributed by atoms with Crippen molar-refractivity contribution in [3.05, 3.63) is 55.7 Å². The summed E-state index contributed by atoms with van der Waals surface area (Å²) in [6, 6.07) is 9.67. The Balaban J connectivity index is 0.00000182. The molecule has 4 rings (SSSR count). The molecule has 2 aliphatic rings. The lowest BCUT2D eigenvalue weighted by molar-refractivity contribution is 0.318. The van der Waals surface area contributed by atoms with Gasteiger partial charge < -0.3 is 5.32 Å². The fourth-order valence-electron chi connectivity index (χ4n) is 4.30. The van der Waals surface area contributed by atoms with Crippen LogP contribution in [-0.2, 0) is 0 Å². The minimum Gasteiger partial charge on any atom is -0.307 e. The summed E-state index contributed by atoms with van der Waals surface area (Å²) in [7, 11) is 0. The Hall–Kier alpha value is -0.250. The zero-order valence-electron chi connectivity index (χ0n) is 14.1. The maximum Gasteiger partial charge on any atom is 0.0595 e. The van der Waals surface area contributed by atoms with Crippen LogP contribution in [0.15, 0.2) is 29.6 Å². The summed E-state index contributed by atoms with van der Waals surface area (Å²) < 4.78 is 0. The fraction of sp³-hybridized carbons (Fsp3) is 0.500. The molecule has 0 amide bonds. The third-order valence-corrected chi connectivity index (χ3v) is 7.34. The van der Waals surface area contributed by atoms with Crippen LogP contribution in [0.5, 0.6) is 0 Å². The third kappa shape index (κ3) is 4.20. The van der Waals surface area contributed by atoms with E-state index in [1.807, 2.05) is 23.5 Å². The first-order valence-electron chi connectivity index (χ1n) is 9.00. The Labute approximate surface area is 170 Å². The summed E-state index contributed by atoms with van der Waals surface area (Å²) in [5.41, 5.74) is 2.80. The summed E-state index contributed by atoms with van der Waals surface area (Å²) in [6.45, 7) is 0. The van der Waals surface area contributed by atoms with Gasteiger partial charge in [0.05, 0.1) is 10.0 Å². The average molecular weight is 417 g/mol. The van der Waals surface area contributed by atoms with Crippen LogP contribution in [0.4, 0.5) is 0 Å². The Kier molecular flexibility index (Phi) is 6.73. The van der Waals surface area contributed by atoms with Gasteiger partial charge in [0.1, 0.15) is 0 Å². The van der Waals surface area contributed by atoms with Crippen molar-refractivity contribution < 1.29 is 0 Å². The molecule has 136 valence electrons. The molecule has 0 bridgehead atoms. The standard InChI is InChI=1S/C20H23Cl2NS.ClH/c21-17-8-6-13(12-18(17)22)15-7-9-19(16-10-11-24-20(15)16)23-14-4-2-1-3-5-14;/h6,8,10-12,14-15,19,23H,1-5,7,9H2;1H. The first-order chi connectivity index (χ1) is 11.7. The molecule has 1 aromatic heterocycles. The zero-order chi connectivity index (χ0) is 16.5. The van der Waals surface area contributed by atoms with Gasteiger partial charge in [0.15, 0.2) is 0 Å². The molecule has 0 aliphatic heterocycles. The lowest BCUT2D eigenvalue weighted by Gasteiger charge is -2.34. The summed E-state index contributed by atoms with van der Waals surface area (Å²) in [6.07, 6.45) is 9.23. The topological polar surface area (TPSA) is 12.0 Å². The van der Waals surface area contributed by atoms with E-state index in [1.165, 1.54) is 60.9 Å². The summed E-state index contributed by atoms with van der Waals surface area (Å²) >= 11 is 14.2. The smallest absolute Gasteiger partial charge is 0.0595 e. The van der Waals surface area contributed by atoms with Crippen molar-refractivity contribution in [3.63, 3.8) is 0 Å². The zero-order valence-corrected chi connectivity index (χ0v) is 17.3. The normalized spacial score (nSPS) is 23.8. The fourth-order valence-corrected chi connectivity index (χ4v) is 5.73. The molecule has 1 nitrogen and oxygen atoms in total. The average Bonchev–Trinajstić information content (AvgIpc) is 3.09. The number of rotatable bonds is 3. The van der Waals surface area contributed by atoms with Crippen LogP contribution in [0, 0.1) is 0 Å². The van der Waals surface area contributed by atoms with E-state index in [2.05, 4.69) is 22.8 Å². The van der Waals surface area contributed by atoms with E-state index in [-0.39, 0.29) is 12.4 Å². The number of hydrogen-bond acceptors (Lipinski definition) is 2. The van der Waals surface area contributed by atoms with Crippen molar-refractivity contribution in [3.8, 4) is 0 Å². The molecule has 1 saturated carbocycles. The van der Waals surface area contributed by atoms with Crippen LogP contribution >= 0.6 is 46.9 Å². The van der Waals surface area contributed by atoms with E-state index in [1.54, 1.807) is 0 Å². The molecule has 1 heterocycles. The Bertz CT molecular complexity index is 709. The molecule has 2 aromatic rings. The van der Waals surface area contributed by atoms with E-state index in [4.69, 9.17) is 23.2 Å². The van der Waals surface area contributed by atoms with Crippen molar-refractivity contribution in [2.24, 2.45) is 0 Å². The van der Waals surface area contributed by atoms with Crippen molar-refractivity contribution in [1.29, 1.82) is 0 Å². The molecule has 2 unspecified atom stereocenters. The highest BCUT2D eigenvalue weighted by Gasteiger charge is 2.31. The second-order valence-corrected chi connectivity index (χ2v) is 8.86. The highest BCUT2D eigenvalue weighted by molar-refractivity contribution is 7.10. The predicted molar refractivity (Wildman–Crippen MR) is 112 cm³/mol. The van der Waals surface area contributed by atoms with Crippen LogP contribution in [0.1, 0.15) is 72.9 Å². The maximum atomic E-state index is 6.25. The molecule has 0 radical (unpaired) electrons. The largest absolute Gasteiger partial charge is 0.307 e. The second-order valence-electron chi connectivity index (χ2n) is 7.10. The van der Waals surface area contributed by atoms with Gasteiger partial charge in [-0.25, -0.2) is 0 Å². The van der Waals surface area contributed by atoms with Gasteiger partial charge in [-0.3, -0.25) is 0 Å². The molecular formula is C20H24Cl3NS. The van der Waals surface area contributed by atoms with Crippen LogP contribution in [-0.4, -0.2) is 6.04 Å².